The lowest BCUT2D eigenvalue weighted by Gasteiger charge is -2.28. The molecule has 0 aromatic carbocycles. The number of unbranched alkanes of at least 4 members (excludes halogenated alkanes) is 29. The molecular weight excluding hydrogens is 1180 g/mol. The molecule has 94 heavy (non-hydrogen) atoms. The SMILES string of the molecule is CC/C=C\C/C=C\C/C=C\C/C=C\C/C=C\C/C=C\C/C=C\C/C=C\CCCCCCCCCCCCC(=O)OC(COC(=O)CCCCCCCCCCCCCCCCCCCCC/C=C\C/C=C\C/C=C\C/C=C\C/C=C\CC)COP(=O)([O-])OCC[N+](C)(C)C. The highest BCUT2D eigenvalue weighted by atomic mass is 31.2. The number of esters is 2. The van der Waals surface area contributed by atoms with E-state index in [0.717, 1.165) is 128 Å². The number of carbonyl (C=O) groups excluding carboxylic acids is 2. The smallest absolute Gasteiger partial charge is 0.306 e. The molecule has 0 amide bonds. The third kappa shape index (κ3) is 76.6. The van der Waals surface area contributed by atoms with Crippen LogP contribution in [-0.4, -0.2) is 70.0 Å². The molecule has 0 heterocycles. The van der Waals surface area contributed by atoms with Gasteiger partial charge in [-0.2, -0.15) is 0 Å². The lowest BCUT2D eigenvalue weighted by atomic mass is 10.0. The average Bonchev–Trinajstić information content (AvgIpc) is 1.68. The number of hydrogen-bond acceptors (Lipinski definition) is 8. The molecule has 536 valence electrons. The fraction of sp³-hybridized carbons (Fsp3) is 0.667. The number of hydrogen-bond donors (Lipinski definition) is 0. The summed E-state index contributed by atoms with van der Waals surface area (Å²) in [6.07, 6.45) is 109. The summed E-state index contributed by atoms with van der Waals surface area (Å²) in [6.45, 7) is 4.02. The van der Waals surface area contributed by atoms with Gasteiger partial charge in [-0.1, -0.05) is 332 Å². The maximum Gasteiger partial charge on any atom is 0.306 e. The zero-order chi connectivity index (χ0) is 68.3. The van der Waals surface area contributed by atoms with E-state index < -0.39 is 26.5 Å². The summed E-state index contributed by atoms with van der Waals surface area (Å²) in [4.78, 5) is 38.2. The molecule has 2 atom stereocenters. The number of rotatable bonds is 69. The minimum Gasteiger partial charge on any atom is -0.756 e. The van der Waals surface area contributed by atoms with Gasteiger partial charge in [0.15, 0.2) is 6.10 Å². The summed E-state index contributed by atoms with van der Waals surface area (Å²) in [5.41, 5.74) is 0. The summed E-state index contributed by atoms with van der Waals surface area (Å²) in [6, 6.07) is 0. The minimum absolute atomic E-state index is 0.0373. The summed E-state index contributed by atoms with van der Waals surface area (Å²) in [5.74, 6) is -0.836. The van der Waals surface area contributed by atoms with Gasteiger partial charge in [-0.15, -0.1) is 0 Å². The molecule has 0 aliphatic rings. The van der Waals surface area contributed by atoms with Crippen LogP contribution in [0.3, 0.4) is 0 Å². The third-order valence-corrected chi connectivity index (χ3v) is 17.0. The van der Waals surface area contributed by atoms with Crippen molar-refractivity contribution in [1.82, 2.24) is 0 Å². The molecule has 2 unspecified atom stereocenters. The van der Waals surface area contributed by atoms with Crippen molar-refractivity contribution in [3.63, 3.8) is 0 Å². The summed E-state index contributed by atoms with van der Waals surface area (Å²) in [7, 11) is 1.16. The van der Waals surface area contributed by atoms with E-state index >= 15 is 0 Å². The second-order valence-corrected chi connectivity index (χ2v) is 27.7. The van der Waals surface area contributed by atoms with Crippen molar-refractivity contribution in [1.29, 1.82) is 0 Å². The van der Waals surface area contributed by atoms with Gasteiger partial charge >= 0.3 is 11.9 Å². The van der Waals surface area contributed by atoms with Gasteiger partial charge in [-0.05, 0) is 122 Å². The Kier molecular flexibility index (Phi) is 69.5. The van der Waals surface area contributed by atoms with Crippen LogP contribution in [-0.2, 0) is 32.7 Å². The second kappa shape index (κ2) is 72.9. The summed E-state index contributed by atoms with van der Waals surface area (Å²) >= 11 is 0. The predicted molar refractivity (Wildman–Crippen MR) is 406 cm³/mol. The van der Waals surface area contributed by atoms with Crippen molar-refractivity contribution in [2.75, 3.05) is 47.5 Å². The van der Waals surface area contributed by atoms with Gasteiger partial charge in [0.25, 0.3) is 7.82 Å². The average molecular weight is 1330 g/mol. The van der Waals surface area contributed by atoms with Crippen LogP contribution in [0.5, 0.6) is 0 Å². The van der Waals surface area contributed by atoms with Gasteiger partial charge in [-0.3, -0.25) is 14.2 Å². The zero-order valence-corrected chi connectivity index (χ0v) is 62.0. The summed E-state index contributed by atoms with van der Waals surface area (Å²) in [5, 5.41) is 0. The lowest BCUT2D eigenvalue weighted by Crippen LogP contribution is -2.37. The standard InChI is InChI=1S/C84H142NO8P/c1-6-8-10-12-14-16-18-20-22-24-26-28-30-32-34-36-38-40-42-44-46-48-50-52-54-56-58-60-62-64-66-68-70-72-74-76-83(86)90-80-82(81-92-94(88,89)91-79-78-85(3,4)5)93-84(87)77-75-73-71-69-67-65-63-61-59-57-55-53-51-49-47-45-43-41-39-37-35-33-31-29-27-25-23-21-19-17-15-13-11-9-7-2/h8-11,14-17,20-23,26-29,32-35,39,41,45,47,51,53,82H,6-7,12-13,18-19,24-25,30-31,36-38,40,42-44,46,48-50,52,54-81H2,1-5H3/b10-8-,11-9-,16-14-,17-15-,22-20-,23-21-,28-26-,29-27-,34-32-,35-33-,41-39-,47-45-,53-51-. The molecule has 0 N–H and O–H groups in total. The molecule has 0 aromatic rings. The third-order valence-electron chi connectivity index (χ3n) is 16.0. The molecule has 0 bridgehead atoms. The van der Waals surface area contributed by atoms with Crippen LogP contribution in [0, 0.1) is 0 Å². The first-order chi connectivity index (χ1) is 46.0. The van der Waals surface area contributed by atoms with Crippen molar-refractivity contribution in [2.24, 2.45) is 0 Å². The van der Waals surface area contributed by atoms with Crippen LogP contribution >= 0.6 is 7.82 Å². The van der Waals surface area contributed by atoms with E-state index in [1.807, 2.05) is 21.1 Å². The van der Waals surface area contributed by atoms with Gasteiger partial charge in [0.05, 0.1) is 27.7 Å². The van der Waals surface area contributed by atoms with Crippen molar-refractivity contribution in [3.05, 3.63) is 158 Å². The first kappa shape index (κ1) is 89.6. The van der Waals surface area contributed by atoms with Crippen molar-refractivity contribution >= 4 is 19.8 Å². The summed E-state index contributed by atoms with van der Waals surface area (Å²) < 4.78 is 34.4. The van der Waals surface area contributed by atoms with E-state index in [9.17, 15) is 19.0 Å². The van der Waals surface area contributed by atoms with Crippen LogP contribution in [0.4, 0.5) is 0 Å². The molecular formula is C84H142NO8P. The number of phosphoric ester groups is 1. The number of ether oxygens (including phenoxy) is 2. The fourth-order valence-corrected chi connectivity index (χ4v) is 11.0. The maximum absolute atomic E-state index is 12.9. The molecule has 0 rings (SSSR count). The molecule has 0 aliphatic heterocycles. The van der Waals surface area contributed by atoms with Crippen LogP contribution in [0.2, 0.25) is 0 Å². The van der Waals surface area contributed by atoms with E-state index in [-0.39, 0.29) is 32.0 Å². The Bertz CT molecular complexity index is 2150. The fourth-order valence-electron chi connectivity index (χ4n) is 10.3. The van der Waals surface area contributed by atoms with Crippen molar-refractivity contribution in [2.45, 2.75) is 315 Å². The molecule has 0 aliphatic carbocycles. The van der Waals surface area contributed by atoms with Gasteiger partial charge in [0.2, 0.25) is 0 Å². The van der Waals surface area contributed by atoms with E-state index in [0.29, 0.717) is 17.4 Å². The van der Waals surface area contributed by atoms with Crippen LogP contribution in [0.25, 0.3) is 0 Å². The number of nitrogens with zero attached hydrogens (tertiary/aromatic N) is 1. The zero-order valence-electron chi connectivity index (χ0n) is 61.1. The van der Waals surface area contributed by atoms with E-state index in [2.05, 4.69) is 172 Å². The van der Waals surface area contributed by atoms with Gasteiger partial charge in [0.1, 0.15) is 19.8 Å². The first-order valence-electron chi connectivity index (χ1n) is 38.2. The number of carbonyl (C=O) groups is 2. The van der Waals surface area contributed by atoms with Crippen molar-refractivity contribution in [3.8, 4) is 0 Å². The number of quaternary nitrogens is 1. The second-order valence-electron chi connectivity index (χ2n) is 26.3. The van der Waals surface area contributed by atoms with Gasteiger partial charge in [0, 0.05) is 12.8 Å². The maximum atomic E-state index is 12.9. The highest BCUT2D eigenvalue weighted by Crippen LogP contribution is 2.38. The molecule has 0 spiro atoms. The highest BCUT2D eigenvalue weighted by molar-refractivity contribution is 7.45. The number of likely N-dealkylation sites (N-methyl/N-ethyl adjacent to an activating group) is 1. The van der Waals surface area contributed by atoms with E-state index in [1.165, 1.54) is 148 Å². The molecule has 0 saturated carbocycles. The number of phosphoric acid groups is 1. The Morgan fingerprint density at radius 2 is 0.574 bits per heavy atom. The molecule has 10 heteroatoms. The van der Waals surface area contributed by atoms with Gasteiger partial charge in [-0.25, -0.2) is 0 Å². The van der Waals surface area contributed by atoms with Crippen molar-refractivity contribution < 1.29 is 42.1 Å². The van der Waals surface area contributed by atoms with E-state index in [4.69, 9.17) is 18.5 Å². The van der Waals surface area contributed by atoms with E-state index in [1.54, 1.807) is 0 Å². The Morgan fingerprint density at radius 1 is 0.330 bits per heavy atom. The first-order valence-corrected chi connectivity index (χ1v) is 39.7. The van der Waals surface area contributed by atoms with Crippen LogP contribution in [0.1, 0.15) is 309 Å². The molecule has 0 aromatic heterocycles. The molecule has 0 radical (unpaired) electrons. The lowest BCUT2D eigenvalue weighted by molar-refractivity contribution is -0.870. The largest absolute Gasteiger partial charge is 0.756 e. The Labute approximate surface area is 579 Å². The van der Waals surface area contributed by atoms with Crippen LogP contribution < -0.4 is 4.89 Å². The highest BCUT2D eigenvalue weighted by Gasteiger charge is 2.22. The molecule has 0 fully saturated rings. The van der Waals surface area contributed by atoms with Gasteiger partial charge < -0.3 is 27.9 Å². The predicted octanol–water partition coefficient (Wildman–Crippen LogP) is 24.9. The Balaban J connectivity index is 4.04. The quantitative estimate of drug-likeness (QED) is 0.0195. The van der Waals surface area contributed by atoms with Crippen LogP contribution in [0.15, 0.2) is 158 Å². The molecule has 9 nitrogen and oxygen atoms in total. The monoisotopic (exact) mass is 1320 g/mol. The normalized spacial score (nSPS) is 14.0. The number of allylic oxidation sites excluding steroid dienone is 26. The topological polar surface area (TPSA) is 111 Å². The minimum atomic E-state index is -4.65. The Morgan fingerprint density at radius 3 is 0.851 bits per heavy atom. The molecule has 0 saturated heterocycles. The Hall–Kier alpha value is -4.37.